The molecule has 0 aliphatic heterocycles. The SMILES string of the molecule is [CH2-]CN([CH2-])c1nc(=O)n(-c2ccccc2Cl)c2cc(C3CC3)ccc12.[CH3-].[Sc+3]. The second-order valence-corrected chi connectivity index (χ2v) is 6.73. The van der Waals surface area contributed by atoms with Crippen molar-refractivity contribution in [1.29, 1.82) is 0 Å². The van der Waals surface area contributed by atoms with Crippen LogP contribution >= 0.6 is 11.6 Å². The third kappa shape index (κ3) is 4.04. The minimum atomic E-state index is -0.370. The second-order valence-electron chi connectivity index (χ2n) is 6.32. The van der Waals surface area contributed by atoms with E-state index in [2.05, 4.69) is 31.1 Å². The summed E-state index contributed by atoms with van der Waals surface area (Å²) in [5.41, 5.74) is 2.31. The summed E-state index contributed by atoms with van der Waals surface area (Å²) >= 11 is 6.36. The zero-order valence-electron chi connectivity index (χ0n) is 15.4. The Morgan fingerprint density at radius 1 is 1.22 bits per heavy atom. The Morgan fingerprint density at radius 3 is 2.56 bits per heavy atom. The van der Waals surface area contributed by atoms with E-state index in [4.69, 9.17) is 11.6 Å². The van der Waals surface area contributed by atoms with Gasteiger partial charge in [-0.2, -0.15) is 4.98 Å². The van der Waals surface area contributed by atoms with Crippen molar-refractivity contribution >= 4 is 28.3 Å². The smallest absolute Gasteiger partial charge is 0.534 e. The maximum Gasteiger partial charge on any atom is 3.00 e. The van der Waals surface area contributed by atoms with Gasteiger partial charge < -0.3 is 19.3 Å². The molecule has 1 saturated carbocycles. The summed E-state index contributed by atoms with van der Waals surface area (Å²) in [5.74, 6) is 1.13. The Kier molecular flexibility index (Phi) is 7.03. The van der Waals surface area contributed by atoms with Gasteiger partial charge >= 0.3 is 31.5 Å². The Labute approximate surface area is 184 Å². The monoisotopic (exact) mass is 411 g/mol. The number of rotatable bonds is 4. The predicted octanol–water partition coefficient (Wildman–Crippen LogP) is 4.80. The van der Waals surface area contributed by atoms with Crippen LogP contribution in [-0.4, -0.2) is 16.1 Å². The van der Waals surface area contributed by atoms with Crippen LogP contribution in [0.4, 0.5) is 5.82 Å². The summed E-state index contributed by atoms with van der Waals surface area (Å²) < 4.78 is 1.59. The van der Waals surface area contributed by atoms with E-state index in [0.29, 0.717) is 29.0 Å². The van der Waals surface area contributed by atoms with Gasteiger partial charge in [-0.25, -0.2) is 4.79 Å². The fourth-order valence-electron chi connectivity index (χ4n) is 3.11. The van der Waals surface area contributed by atoms with Gasteiger partial charge in [-0.3, -0.25) is 11.6 Å². The number of hydrogen-bond donors (Lipinski definition) is 0. The van der Waals surface area contributed by atoms with E-state index in [1.165, 1.54) is 18.4 Å². The van der Waals surface area contributed by atoms with Crippen molar-refractivity contribution in [2.45, 2.75) is 18.8 Å². The summed E-state index contributed by atoms with van der Waals surface area (Å²) in [6.07, 6.45) is 2.39. The number of hydrogen-bond acceptors (Lipinski definition) is 3. The number of nitrogens with zero attached hydrogens (tertiary/aromatic N) is 3. The van der Waals surface area contributed by atoms with E-state index in [1.54, 1.807) is 15.5 Å². The van der Waals surface area contributed by atoms with Gasteiger partial charge in [0.25, 0.3) is 0 Å². The van der Waals surface area contributed by atoms with Crippen LogP contribution in [0.25, 0.3) is 16.6 Å². The maximum atomic E-state index is 12.8. The van der Waals surface area contributed by atoms with Crippen molar-refractivity contribution in [2.75, 3.05) is 11.4 Å². The first-order chi connectivity index (χ1) is 12.1. The molecule has 1 fully saturated rings. The van der Waals surface area contributed by atoms with Crippen LogP contribution in [0.1, 0.15) is 24.3 Å². The van der Waals surface area contributed by atoms with Crippen molar-refractivity contribution in [3.8, 4) is 5.69 Å². The van der Waals surface area contributed by atoms with E-state index in [9.17, 15) is 4.79 Å². The minimum absolute atomic E-state index is 0. The van der Waals surface area contributed by atoms with Crippen molar-refractivity contribution in [3.05, 3.63) is 84.9 Å². The summed E-state index contributed by atoms with van der Waals surface area (Å²) in [7, 11) is 3.94. The zero-order chi connectivity index (χ0) is 17.6. The van der Waals surface area contributed by atoms with Crippen molar-refractivity contribution in [2.24, 2.45) is 0 Å². The largest absolute Gasteiger partial charge is 3.00 e. The molecular formula is C21H21ClN3OSc. The number of halogens is 1. The number of fused-ring (bicyclic) bond motifs is 1. The van der Waals surface area contributed by atoms with Crippen molar-refractivity contribution in [3.63, 3.8) is 0 Å². The van der Waals surface area contributed by atoms with E-state index in [1.807, 2.05) is 24.3 Å². The molecular weight excluding hydrogens is 391 g/mol. The molecule has 3 aromatic rings. The Morgan fingerprint density at radius 2 is 1.93 bits per heavy atom. The Hall–Kier alpha value is -1.46. The first kappa shape index (κ1) is 21.8. The molecule has 0 N–H and O–H groups in total. The first-order valence-electron chi connectivity index (χ1n) is 8.29. The first-order valence-corrected chi connectivity index (χ1v) is 8.67. The molecule has 0 atom stereocenters. The standard InChI is InChI=1S/C20H18ClN3O.CH3.Sc/c1-3-23(2)19-15-11-10-14(13-8-9-13)12-18(15)24(20(25)22-19)17-7-5-4-6-16(17)21;;/h4-7,10-13H,1-3,8-9H2;1H3;/q-2;-1;+3. The van der Waals surface area contributed by atoms with Gasteiger partial charge in [0.15, 0.2) is 0 Å². The van der Waals surface area contributed by atoms with Gasteiger partial charge in [-0.1, -0.05) is 29.8 Å². The average molecular weight is 412 g/mol. The van der Waals surface area contributed by atoms with E-state index in [-0.39, 0.29) is 39.0 Å². The second kappa shape index (κ2) is 8.70. The number of anilines is 1. The van der Waals surface area contributed by atoms with E-state index < -0.39 is 0 Å². The third-order valence-electron chi connectivity index (χ3n) is 4.61. The fourth-order valence-corrected chi connectivity index (χ4v) is 3.33. The number of benzene rings is 2. The molecule has 6 heteroatoms. The van der Waals surface area contributed by atoms with Crippen molar-refractivity contribution < 1.29 is 25.8 Å². The van der Waals surface area contributed by atoms with Crippen LogP contribution in [-0.2, 0) is 25.8 Å². The molecule has 0 spiro atoms. The quantitative estimate of drug-likeness (QED) is 0.579. The molecule has 0 saturated heterocycles. The zero-order valence-corrected chi connectivity index (χ0v) is 17.9. The Bertz CT molecular complexity index is 1010. The van der Waals surface area contributed by atoms with Gasteiger partial charge in [0.2, 0.25) is 0 Å². The minimum Gasteiger partial charge on any atom is -0.534 e. The average Bonchev–Trinajstić information content (AvgIpc) is 3.46. The molecule has 0 radical (unpaired) electrons. The summed E-state index contributed by atoms with van der Waals surface area (Å²) in [5, 5.41) is 1.38. The molecule has 4 rings (SSSR count). The van der Waals surface area contributed by atoms with Crippen molar-refractivity contribution in [1.82, 2.24) is 9.55 Å². The third-order valence-corrected chi connectivity index (χ3v) is 4.93. The predicted molar refractivity (Wildman–Crippen MR) is 109 cm³/mol. The molecule has 1 aliphatic carbocycles. The molecule has 1 aromatic heterocycles. The molecule has 136 valence electrons. The molecule has 0 unspecified atom stereocenters. The topological polar surface area (TPSA) is 38.1 Å². The molecule has 1 heterocycles. The molecule has 0 bridgehead atoms. The summed E-state index contributed by atoms with van der Waals surface area (Å²) in [6, 6.07) is 13.5. The van der Waals surface area contributed by atoms with Gasteiger partial charge in [-0.15, -0.1) is 6.54 Å². The van der Waals surface area contributed by atoms with Gasteiger partial charge in [0, 0.05) is 5.39 Å². The van der Waals surface area contributed by atoms with Gasteiger partial charge in [-0.05, 0) is 48.6 Å². The van der Waals surface area contributed by atoms with E-state index in [0.717, 1.165) is 10.9 Å². The van der Waals surface area contributed by atoms with Crippen LogP contribution in [0.3, 0.4) is 0 Å². The molecule has 2 aromatic carbocycles. The van der Waals surface area contributed by atoms with Gasteiger partial charge in [0.1, 0.15) is 5.82 Å². The molecule has 27 heavy (non-hydrogen) atoms. The van der Waals surface area contributed by atoms with Crippen LogP contribution < -0.4 is 10.6 Å². The maximum absolute atomic E-state index is 12.8. The number of aromatic nitrogens is 2. The summed E-state index contributed by atoms with van der Waals surface area (Å²) in [6.45, 7) is 4.26. The normalized spacial score (nSPS) is 13.0. The van der Waals surface area contributed by atoms with Crippen LogP contribution in [0.2, 0.25) is 5.02 Å². The molecule has 0 amide bonds. The molecule has 4 nitrogen and oxygen atoms in total. The van der Waals surface area contributed by atoms with E-state index >= 15 is 0 Å². The van der Waals surface area contributed by atoms with Crippen LogP contribution in [0, 0.1) is 21.4 Å². The van der Waals surface area contributed by atoms with Crippen LogP contribution in [0.15, 0.2) is 47.3 Å². The van der Waals surface area contributed by atoms with Crippen LogP contribution in [0.5, 0.6) is 0 Å². The van der Waals surface area contributed by atoms with Gasteiger partial charge in [0.05, 0.1) is 16.2 Å². The Balaban J connectivity index is 0.00000131. The molecule has 1 aliphatic rings. The summed E-state index contributed by atoms with van der Waals surface area (Å²) in [4.78, 5) is 18.7. The fraction of sp³-hybridized carbons (Fsp3) is 0.190. The number of para-hydroxylation sites is 1.